The first-order chi connectivity index (χ1) is 9.79. The maximum atomic E-state index is 12.5. The number of nitrogens with zero attached hydrogens (tertiary/aromatic N) is 3. The van der Waals surface area contributed by atoms with Crippen LogP contribution in [0.5, 0.6) is 0 Å². The first-order valence-electron chi connectivity index (χ1n) is 6.28. The second-order valence-electron chi connectivity index (χ2n) is 4.79. The molecule has 0 fully saturated rings. The van der Waals surface area contributed by atoms with Crippen LogP contribution in [0.25, 0.3) is 0 Å². The molecule has 1 heterocycles. The predicted octanol–water partition coefficient (Wildman–Crippen LogP) is 3.75. The number of benzene rings is 1. The van der Waals surface area contributed by atoms with Gasteiger partial charge in [-0.2, -0.15) is 13.2 Å². The number of thioether (sulfide) groups is 1. The van der Waals surface area contributed by atoms with Crippen LogP contribution in [0, 0.1) is 0 Å². The summed E-state index contributed by atoms with van der Waals surface area (Å²) in [5.41, 5.74) is 5.86. The monoisotopic (exact) mass is 316 g/mol. The van der Waals surface area contributed by atoms with Gasteiger partial charge in [0.15, 0.2) is 5.16 Å². The number of anilines is 1. The highest BCUT2D eigenvalue weighted by Gasteiger charge is 2.29. The summed E-state index contributed by atoms with van der Waals surface area (Å²) in [6.07, 6.45) is -4.31. The Labute approximate surface area is 124 Å². The molecule has 2 aromatic rings. The Hall–Kier alpha value is -1.70. The van der Waals surface area contributed by atoms with Gasteiger partial charge in [-0.1, -0.05) is 23.9 Å². The zero-order chi connectivity index (χ0) is 15.6. The lowest BCUT2D eigenvalue weighted by atomic mass is 10.1. The first kappa shape index (κ1) is 15.7. The molecule has 8 heteroatoms. The van der Waals surface area contributed by atoms with Crippen molar-refractivity contribution >= 4 is 17.7 Å². The standard InChI is InChI=1S/C13H15F3N4S/c1-8(2)20-11(17)18-19-12(20)21-7-9-3-5-10(6-4-9)13(14,15)16/h3-6,8H,7H2,1-2H3,(H2,17,18). The SMILES string of the molecule is CC(C)n1c(N)nnc1SCc1ccc(C(F)(F)F)cc1. The van der Waals surface area contributed by atoms with Crippen LogP contribution in [-0.2, 0) is 11.9 Å². The molecule has 0 amide bonds. The van der Waals surface area contributed by atoms with E-state index in [-0.39, 0.29) is 6.04 Å². The van der Waals surface area contributed by atoms with Crippen molar-refractivity contribution in [3.63, 3.8) is 0 Å². The van der Waals surface area contributed by atoms with Crippen molar-refractivity contribution in [2.45, 2.75) is 37.0 Å². The summed E-state index contributed by atoms with van der Waals surface area (Å²) < 4.78 is 39.2. The van der Waals surface area contributed by atoms with E-state index in [0.29, 0.717) is 16.9 Å². The van der Waals surface area contributed by atoms with E-state index in [1.807, 2.05) is 13.8 Å². The summed E-state index contributed by atoms with van der Waals surface area (Å²) in [6, 6.07) is 5.22. The number of hydrogen-bond acceptors (Lipinski definition) is 4. The van der Waals surface area contributed by atoms with E-state index in [0.717, 1.165) is 17.7 Å². The number of nitrogens with two attached hydrogens (primary N) is 1. The van der Waals surface area contributed by atoms with E-state index in [1.54, 1.807) is 4.57 Å². The van der Waals surface area contributed by atoms with Crippen molar-refractivity contribution < 1.29 is 13.2 Å². The van der Waals surface area contributed by atoms with E-state index >= 15 is 0 Å². The molecule has 2 N–H and O–H groups in total. The van der Waals surface area contributed by atoms with Crippen molar-refractivity contribution in [2.24, 2.45) is 0 Å². The van der Waals surface area contributed by atoms with Gasteiger partial charge in [-0.05, 0) is 31.5 Å². The molecule has 0 aliphatic heterocycles. The summed E-state index contributed by atoms with van der Waals surface area (Å²) in [6.45, 7) is 3.92. The number of rotatable bonds is 4. The second kappa shape index (κ2) is 5.97. The Morgan fingerprint density at radius 2 is 1.81 bits per heavy atom. The van der Waals surface area contributed by atoms with Gasteiger partial charge in [-0.15, -0.1) is 10.2 Å². The summed E-state index contributed by atoms with van der Waals surface area (Å²) in [5, 5.41) is 8.45. The molecule has 0 radical (unpaired) electrons. The van der Waals surface area contributed by atoms with E-state index in [4.69, 9.17) is 5.73 Å². The van der Waals surface area contributed by atoms with Gasteiger partial charge < -0.3 is 5.73 Å². The fourth-order valence-corrected chi connectivity index (χ4v) is 2.84. The molecular formula is C13H15F3N4S. The Balaban J connectivity index is 2.07. The van der Waals surface area contributed by atoms with Gasteiger partial charge in [-0.25, -0.2) is 0 Å². The van der Waals surface area contributed by atoms with Crippen molar-refractivity contribution in [2.75, 3.05) is 5.73 Å². The van der Waals surface area contributed by atoms with Crippen LogP contribution in [0.4, 0.5) is 19.1 Å². The molecule has 0 saturated carbocycles. The Bertz CT molecular complexity index is 605. The molecule has 4 nitrogen and oxygen atoms in total. The Morgan fingerprint density at radius 1 is 1.19 bits per heavy atom. The maximum Gasteiger partial charge on any atom is 0.416 e. The molecule has 0 spiro atoms. The zero-order valence-electron chi connectivity index (χ0n) is 11.6. The van der Waals surface area contributed by atoms with Crippen molar-refractivity contribution in [1.82, 2.24) is 14.8 Å². The zero-order valence-corrected chi connectivity index (χ0v) is 12.4. The minimum atomic E-state index is -4.31. The van der Waals surface area contributed by atoms with Crippen LogP contribution >= 0.6 is 11.8 Å². The first-order valence-corrected chi connectivity index (χ1v) is 7.27. The van der Waals surface area contributed by atoms with Gasteiger partial charge >= 0.3 is 6.18 Å². The molecular weight excluding hydrogens is 301 g/mol. The summed E-state index contributed by atoms with van der Waals surface area (Å²) in [5.74, 6) is 0.836. The third-order valence-corrected chi connectivity index (χ3v) is 3.87. The van der Waals surface area contributed by atoms with E-state index < -0.39 is 11.7 Å². The van der Waals surface area contributed by atoms with Gasteiger partial charge in [0.1, 0.15) is 0 Å². The molecule has 0 saturated heterocycles. The molecule has 0 bridgehead atoms. The molecule has 0 aliphatic carbocycles. The molecule has 0 aliphatic rings. The smallest absolute Gasteiger partial charge is 0.368 e. The molecule has 0 unspecified atom stereocenters. The lowest BCUT2D eigenvalue weighted by Crippen LogP contribution is -2.07. The number of halogens is 3. The van der Waals surface area contributed by atoms with Gasteiger partial charge in [0.25, 0.3) is 0 Å². The summed E-state index contributed by atoms with van der Waals surface area (Å²) in [4.78, 5) is 0. The van der Waals surface area contributed by atoms with Crippen molar-refractivity contribution in [3.05, 3.63) is 35.4 Å². The lowest BCUT2D eigenvalue weighted by molar-refractivity contribution is -0.137. The molecule has 1 aromatic heterocycles. The fourth-order valence-electron chi connectivity index (χ4n) is 1.81. The van der Waals surface area contributed by atoms with Gasteiger partial charge in [0.05, 0.1) is 5.56 Å². The van der Waals surface area contributed by atoms with Crippen molar-refractivity contribution in [1.29, 1.82) is 0 Å². The fraction of sp³-hybridized carbons (Fsp3) is 0.385. The highest BCUT2D eigenvalue weighted by atomic mass is 32.2. The van der Waals surface area contributed by atoms with E-state index in [2.05, 4.69) is 10.2 Å². The van der Waals surface area contributed by atoms with Crippen LogP contribution in [0.3, 0.4) is 0 Å². The highest BCUT2D eigenvalue weighted by molar-refractivity contribution is 7.98. The minimum Gasteiger partial charge on any atom is -0.368 e. The number of hydrogen-bond donors (Lipinski definition) is 1. The Kier molecular flexibility index (Phi) is 4.46. The number of aromatic nitrogens is 3. The number of nitrogen functional groups attached to an aromatic ring is 1. The molecule has 114 valence electrons. The topological polar surface area (TPSA) is 56.7 Å². The average molecular weight is 316 g/mol. The predicted molar refractivity (Wildman–Crippen MR) is 75.8 cm³/mol. The third kappa shape index (κ3) is 3.69. The van der Waals surface area contributed by atoms with Gasteiger partial charge in [-0.3, -0.25) is 4.57 Å². The molecule has 21 heavy (non-hydrogen) atoms. The summed E-state index contributed by atoms with van der Waals surface area (Å²) in [7, 11) is 0. The Morgan fingerprint density at radius 3 is 2.33 bits per heavy atom. The molecule has 0 atom stereocenters. The number of alkyl halides is 3. The molecule has 1 aromatic carbocycles. The van der Waals surface area contributed by atoms with Crippen molar-refractivity contribution in [3.8, 4) is 0 Å². The summed E-state index contributed by atoms with van der Waals surface area (Å²) >= 11 is 1.39. The quantitative estimate of drug-likeness (QED) is 0.873. The largest absolute Gasteiger partial charge is 0.416 e. The van der Waals surface area contributed by atoms with Gasteiger partial charge in [0.2, 0.25) is 5.95 Å². The van der Waals surface area contributed by atoms with Crippen LogP contribution in [0.2, 0.25) is 0 Å². The van der Waals surface area contributed by atoms with Crippen LogP contribution in [0.1, 0.15) is 31.0 Å². The van der Waals surface area contributed by atoms with Crippen LogP contribution in [0.15, 0.2) is 29.4 Å². The third-order valence-electron chi connectivity index (χ3n) is 2.86. The normalized spacial score (nSPS) is 12.1. The minimum absolute atomic E-state index is 0.120. The average Bonchev–Trinajstić information content (AvgIpc) is 2.77. The van der Waals surface area contributed by atoms with Crippen LogP contribution < -0.4 is 5.73 Å². The lowest BCUT2D eigenvalue weighted by Gasteiger charge is -2.11. The van der Waals surface area contributed by atoms with Crippen LogP contribution in [-0.4, -0.2) is 14.8 Å². The maximum absolute atomic E-state index is 12.5. The second-order valence-corrected chi connectivity index (χ2v) is 5.73. The van der Waals surface area contributed by atoms with E-state index in [1.165, 1.54) is 23.9 Å². The van der Waals surface area contributed by atoms with Gasteiger partial charge in [0, 0.05) is 11.8 Å². The highest BCUT2D eigenvalue weighted by Crippen LogP contribution is 2.30. The molecule has 2 rings (SSSR count). The van der Waals surface area contributed by atoms with E-state index in [9.17, 15) is 13.2 Å².